The van der Waals surface area contributed by atoms with Crippen LogP contribution in [0.5, 0.6) is 0 Å². The van der Waals surface area contributed by atoms with Gasteiger partial charge in [-0.25, -0.2) is 13.2 Å². The zero-order valence-corrected chi connectivity index (χ0v) is 15.9. The summed E-state index contributed by atoms with van der Waals surface area (Å²) in [6, 6.07) is 13.4. The van der Waals surface area contributed by atoms with Crippen molar-refractivity contribution in [1.29, 1.82) is 0 Å². The molecule has 0 atom stereocenters. The van der Waals surface area contributed by atoms with Gasteiger partial charge < -0.3 is 9.97 Å². The molecule has 1 aliphatic heterocycles. The van der Waals surface area contributed by atoms with Crippen molar-refractivity contribution in [3.8, 4) is 0 Å². The smallest absolute Gasteiger partial charge is 0.306 e. The molecule has 3 aromatic rings. The highest BCUT2D eigenvalue weighted by Gasteiger charge is 2.30. The van der Waals surface area contributed by atoms with Gasteiger partial charge in [-0.05, 0) is 30.2 Å². The summed E-state index contributed by atoms with van der Waals surface area (Å²) in [6.07, 6.45) is 0. The number of piperazine rings is 1. The van der Waals surface area contributed by atoms with E-state index in [0.29, 0.717) is 42.8 Å². The van der Waals surface area contributed by atoms with Crippen molar-refractivity contribution < 1.29 is 8.42 Å². The van der Waals surface area contributed by atoms with E-state index in [2.05, 4.69) is 27.0 Å². The number of hydrogen-bond acceptors (Lipinski definition) is 4. The SMILES string of the molecule is Cc1cc2[nH]c(=O)[nH]c2cc1S(=O)(=O)N1CCN(Cc2ccccc2)CC1. The van der Waals surface area contributed by atoms with Crippen molar-refractivity contribution in [2.24, 2.45) is 0 Å². The lowest BCUT2D eigenvalue weighted by molar-refractivity contribution is 0.181. The van der Waals surface area contributed by atoms with Gasteiger partial charge in [0.1, 0.15) is 0 Å². The van der Waals surface area contributed by atoms with Crippen LogP contribution in [-0.4, -0.2) is 53.8 Å². The predicted molar refractivity (Wildman–Crippen MR) is 104 cm³/mol. The second kappa shape index (κ2) is 6.95. The molecule has 0 unspecified atom stereocenters. The van der Waals surface area contributed by atoms with Crippen molar-refractivity contribution in [3.63, 3.8) is 0 Å². The van der Waals surface area contributed by atoms with Gasteiger partial charge in [0.2, 0.25) is 10.0 Å². The molecule has 2 aromatic carbocycles. The first-order valence-electron chi connectivity index (χ1n) is 8.92. The highest BCUT2D eigenvalue weighted by Crippen LogP contribution is 2.24. The third-order valence-corrected chi connectivity index (χ3v) is 7.05. The summed E-state index contributed by atoms with van der Waals surface area (Å²) in [5.74, 6) is 0. The molecule has 4 rings (SSSR count). The van der Waals surface area contributed by atoms with Gasteiger partial charge in [-0.2, -0.15) is 4.31 Å². The van der Waals surface area contributed by atoms with E-state index in [0.717, 1.165) is 6.54 Å². The molecule has 27 heavy (non-hydrogen) atoms. The molecule has 1 fully saturated rings. The molecule has 8 heteroatoms. The molecule has 0 amide bonds. The number of benzene rings is 2. The number of nitrogens with one attached hydrogen (secondary N) is 2. The molecular formula is C19H22N4O3S. The van der Waals surface area contributed by atoms with Gasteiger partial charge in [0.15, 0.2) is 0 Å². The van der Waals surface area contributed by atoms with Crippen molar-refractivity contribution in [2.45, 2.75) is 18.4 Å². The van der Waals surface area contributed by atoms with Gasteiger partial charge >= 0.3 is 5.69 Å². The fraction of sp³-hybridized carbons (Fsp3) is 0.316. The molecular weight excluding hydrogens is 364 g/mol. The number of aromatic amines is 2. The maximum atomic E-state index is 13.1. The fourth-order valence-electron chi connectivity index (χ4n) is 3.56. The van der Waals surface area contributed by atoms with Crippen LogP contribution in [0.4, 0.5) is 0 Å². The summed E-state index contributed by atoms with van der Waals surface area (Å²) in [5.41, 5.74) is 2.64. The van der Waals surface area contributed by atoms with Gasteiger partial charge in [0, 0.05) is 32.7 Å². The number of hydrogen-bond donors (Lipinski definition) is 2. The first-order valence-corrected chi connectivity index (χ1v) is 10.4. The van der Waals surface area contributed by atoms with Crippen LogP contribution in [0.2, 0.25) is 0 Å². The second-order valence-corrected chi connectivity index (χ2v) is 8.81. The molecule has 0 saturated carbocycles. The van der Waals surface area contributed by atoms with E-state index in [-0.39, 0.29) is 10.6 Å². The minimum absolute atomic E-state index is 0.252. The first kappa shape index (κ1) is 18.0. The number of H-pyrrole nitrogens is 2. The average Bonchev–Trinajstić information content (AvgIpc) is 3.01. The topological polar surface area (TPSA) is 89.3 Å². The third-order valence-electron chi connectivity index (χ3n) is 5.01. The number of imidazole rings is 1. The fourth-order valence-corrected chi connectivity index (χ4v) is 5.21. The molecule has 2 N–H and O–H groups in total. The van der Waals surface area contributed by atoms with Crippen LogP contribution in [0, 0.1) is 6.92 Å². The number of nitrogens with zero attached hydrogens (tertiary/aromatic N) is 2. The Hall–Kier alpha value is -2.42. The van der Waals surface area contributed by atoms with Crippen LogP contribution in [0.1, 0.15) is 11.1 Å². The maximum Gasteiger partial charge on any atom is 0.323 e. The van der Waals surface area contributed by atoms with E-state index in [1.165, 1.54) is 9.87 Å². The Balaban J connectivity index is 1.52. The van der Waals surface area contributed by atoms with E-state index in [9.17, 15) is 13.2 Å². The maximum absolute atomic E-state index is 13.1. The minimum Gasteiger partial charge on any atom is -0.306 e. The van der Waals surface area contributed by atoms with Gasteiger partial charge in [-0.15, -0.1) is 0 Å². The van der Waals surface area contributed by atoms with E-state index < -0.39 is 10.0 Å². The Morgan fingerprint density at radius 3 is 2.26 bits per heavy atom. The summed E-state index contributed by atoms with van der Waals surface area (Å²) in [7, 11) is -3.60. The second-order valence-electron chi connectivity index (χ2n) is 6.91. The summed E-state index contributed by atoms with van der Waals surface area (Å²) >= 11 is 0. The Bertz CT molecular complexity index is 1110. The quantitative estimate of drug-likeness (QED) is 0.714. The molecule has 0 aliphatic carbocycles. The Morgan fingerprint density at radius 2 is 1.59 bits per heavy atom. The molecule has 1 aliphatic rings. The highest BCUT2D eigenvalue weighted by molar-refractivity contribution is 7.89. The standard InChI is InChI=1S/C19H22N4O3S/c1-14-11-16-17(21-19(24)20-16)12-18(14)27(25,26)23-9-7-22(8-10-23)13-15-5-3-2-4-6-15/h2-6,11-12H,7-10,13H2,1H3,(H2,20,21,24). The van der Waals surface area contributed by atoms with Gasteiger partial charge in [-0.3, -0.25) is 4.90 Å². The van der Waals surface area contributed by atoms with Gasteiger partial charge in [-0.1, -0.05) is 30.3 Å². The zero-order valence-electron chi connectivity index (χ0n) is 15.1. The van der Waals surface area contributed by atoms with Crippen molar-refractivity contribution in [1.82, 2.24) is 19.2 Å². The lowest BCUT2D eigenvalue weighted by Crippen LogP contribution is -2.48. The van der Waals surface area contributed by atoms with E-state index in [1.54, 1.807) is 19.1 Å². The highest BCUT2D eigenvalue weighted by atomic mass is 32.2. The van der Waals surface area contributed by atoms with Crippen LogP contribution in [0.3, 0.4) is 0 Å². The lowest BCUT2D eigenvalue weighted by Gasteiger charge is -2.34. The van der Waals surface area contributed by atoms with E-state index >= 15 is 0 Å². The van der Waals surface area contributed by atoms with Crippen LogP contribution >= 0.6 is 0 Å². The van der Waals surface area contributed by atoms with Crippen molar-refractivity contribution >= 4 is 21.1 Å². The van der Waals surface area contributed by atoms with Crippen LogP contribution in [0.15, 0.2) is 52.2 Å². The Labute approximate surface area is 157 Å². The summed E-state index contributed by atoms with van der Waals surface area (Å²) in [6.45, 7) is 4.87. The number of sulfonamides is 1. The first-order chi connectivity index (χ1) is 12.9. The van der Waals surface area contributed by atoms with E-state index in [4.69, 9.17) is 0 Å². The Kier molecular flexibility index (Phi) is 4.63. The summed E-state index contributed by atoms with van der Waals surface area (Å²) in [4.78, 5) is 19.3. The summed E-state index contributed by atoms with van der Waals surface area (Å²) < 4.78 is 27.8. The zero-order chi connectivity index (χ0) is 19.0. The minimum atomic E-state index is -3.60. The van der Waals surface area contributed by atoms with Gasteiger partial charge in [0.25, 0.3) is 0 Å². The third kappa shape index (κ3) is 3.55. The van der Waals surface area contributed by atoms with E-state index in [1.807, 2.05) is 18.2 Å². The Morgan fingerprint density at radius 1 is 0.963 bits per heavy atom. The molecule has 7 nitrogen and oxygen atoms in total. The van der Waals surface area contributed by atoms with Crippen LogP contribution < -0.4 is 5.69 Å². The van der Waals surface area contributed by atoms with Crippen molar-refractivity contribution in [3.05, 3.63) is 64.1 Å². The van der Waals surface area contributed by atoms with Crippen LogP contribution in [-0.2, 0) is 16.6 Å². The largest absolute Gasteiger partial charge is 0.323 e. The molecule has 0 bridgehead atoms. The summed E-state index contributed by atoms with van der Waals surface area (Å²) in [5, 5.41) is 0. The average molecular weight is 386 g/mol. The number of fused-ring (bicyclic) bond motifs is 1. The molecule has 142 valence electrons. The number of aromatic nitrogens is 2. The van der Waals surface area contributed by atoms with Crippen molar-refractivity contribution in [2.75, 3.05) is 26.2 Å². The predicted octanol–water partition coefficient (Wildman–Crippen LogP) is 1.67. The molecule has 1 saturated heterocycles. The molecule has 0 spiro atoms. The molecule has 1 aromatic heterocycles. The number of aryl methyl sites for hydroxylation is 1. The molecule has 2 heterocycles. The normalized spacial score (nSPS) is 16.8. The lowest BCUT2D eigenvalue weighted by atomic mass is 10.2. The molecule has 0 radical (unpaired) electrons. The number of rotatable bonds is 4. The van der Waals surface area contributed by atoms with Gasteiger partial charge in [0.05, 0.1) is 15.9 Å². The van der Waals surface area contributed by atoms with Crippen LogP contribution in [0.25, 0.3) is 11.0 Å². The monoisotopic (exact) mass is 386 g/mol.